The quantitative estimate of drug-likeness (QED) is 0.789. The van der Waals surface area contributed by atoms with Crippen molar-refractivity contribution < 1.29 is 22.7 Å². The average Bonchev–Trinajstić information content (AvgIpc) is 3.13. The molecular weight excluding hydrogens is 394 g/mol. The molecule has 1 amide bonds. The molecule has 4 rings (SSSR count). The van der Waals surface area contributed by atoms with Crippen molar-refractivity contribution in [3.05, 3.63) is 48.3 Å². The minimum atomic E-state index is -3.79. The van der Waals surface area contributed by atoms with Gasteiger partial charge in [-0.05, 0) is 42.3 Å². The predicted octanol–water partition coefficient (Wildman–Crippen LogP) is 1.36. The maximum absolute atomic E-state index is 13.0. The van der Waals surface area contributed by atoms with Crippen molar-refractivity contribution in [3.63, 3.8) is 0 Å². The molecule has 0 aliphatic carbocycles. The van der Waals surface area contributed by atoms with Crippen molar-refractivity contribution in [3.8, 4) is 5.75 Å². The highest BCUT2D eigenvalue weighted by molar-refractivity contribution is 7.89. The minimum absolute atomic E-state index is 0.0295. The van der Waals surface area contributed by atoms with Crippen LogP contribution in [0.2, 0.25) is 0 Å². The Morgan fingerprint density at radius 3 is 2.79 bits per heavy atom. The number of rotatable bonds is 5. The van der Waals surface area contributed by atoms with Crippen LogP contribution in [0.3, 0.4) is 0 Å². The molecule has 0 unspecified atom stereocenters. The molecule has 1 aromatic carbocycles. The standard InChI is InChI=1S/C20H23N3O5S/c1-14(24)23-8-9-28-20-3-2-17(11-19(20)23)29(25,26)22-18-13-27-12-16(18)10-15-4-6-21-7-5-15/h2-7,11,16,18,22H,8-10,12-13H2,1H3/t16-,18+/m1/s1. The average molecular weight is 417 g/mol. The van der Waals surface area contributed by atoms with Gasteiger partial charge < -0.3 is 14.4 Å². The number of carbonyl (C=O) groups excluding carboxylic acids is 1. The number of amides is 1. The summed E-state index contributed by atoms with van der Waals surface area (Å²) < 4.78 is 39.9. The minimum Gasteiger partial charge on any atom is -0.490 e. The van der Waals surface area contributed by atoms with Gasteiger partial charge in [-0.3, -0.25) is 9.78 Å². The van der Waals surface area contributed by atoms with Gasteiger partial charge in [0, 0.05) is 25.2 Å². The molecule has 0 radical (unpaired) electrons. The number of nitrogens with one attached hydrogen (secondary N) is 1. The molecule has 0 bridgehead atoms. The van der Waals surface area contributed by atoms with E-state index >= 15 is 0 Å². The van der Waals surface area contributed by atoms with Crippen LogP contribution >= 0.6 is 0 Å². The molecule has 2 aliphatic heterocycles. The second-order valence-corrected chi connectivity index (χ2v) is 8.95. The molecule has 0 saturated carbocycles. The number of nitrogens with zero attached hydrogens (tertiary/aromatic N) is 2. The Balaban J connectivity index is 1.54. The van der Waals surface area contributed by atoms with E-state index in [9.17, 15) is 13.2 Å². The van der Waals surface area contributed by atoms with Crippen LogP contribution in [0.25, 0.3) is 0 Å². The number of hydrogen-bond donors (Lipinski definition) is 1. The normalized spacial score (nSPS) is 21.5. The molecule has 8 nitrogen and oxygen atoms in total. The number of benzene rings is 1. The van der Waals surface area contributed by atoms with Crippen molar-refractivity contribution in [2.24, 2.45) is 5.92 Å². The van der Waals surface area contributed by atoms with Gasteiger partial charge in [-0.1, -0.05) is 0 Å². The SMILES string of the molecule is CC(=O)N1CCOc2ccc(S(=O)(=O)N[C@H]3COC[C@H]3Cc3ccncc3)cc21. The molecule has 2 atom stereocenters. The van der Waals surface area contributed by atoms with E-state index < -0.39 is 10.0 Å². The number of sulfonamides is 1. The number of anilines is 1. The monoisotopic (exact) mass is 417 g/mol. The Kier molecular flexibility index (Phi) is 5.53. The fraction of sp³-hybridized carbons (Fsp3) is 0.400. The van der Waals surface area contributed by atoms with Gasteiger partial charge in [-0.15, -0.1) is 0 Å². The second kappa shape index (κ2) is 8.10. The van der Waals surface area contributed by atoms with Crippen LogP contribution in [0.5, 0.6) is 5.75 Å². The lowest BCUT2D eigenvalue weighted by molar-refractivity contribution is -0.116. The first kappa shape index (κ1) is 19.8. The van der Waals surface area contributed by atoms with Gasteiger partial charge in [0.2, 0.25) is 15.9 Å². The molecule has 1 saturated heterocycles. The summed E-state index contributed by atoms with van der Waals surface area (Å²) in [6.45, 7) is 3.04. The molecule has 2 aliphatic rings. The molecule has 1 aromatic heterocycles. The van der Waals surface area contributed by atoms with Crippen molar-refractivity contribution in [1.29, 1.82) is 0 Å². The maximum atomic E-state index is 13.0. The summed E-state index contributed by atoms with van der Waals surface area (Å²) in [5.74, 6) is 0.380. The molecule has 9 heteroatoms. The van der Waals surface area contributed by atoms with Gasteiger partial charge in [0.15, 0.2) is 0 Å². The first-order valence-corrected chi connectivity index (χ1v) is 11.0. The number of aromatic nitrogens is 1. The highest BCUT2D eigenvalue weighted by Crippen LogP contribution is 2.34. The Hall–Kier alpha value is -2.49. The fourth-order valence-electron chi connectivity index (χ4n) is 3.71. The van der Waals surface area contributed by atoms with E-state index in [0.717, 1.165) is 5.56 Å². The molecule has 1 fully saturated rings. The first-order chi connectivity index (χ1) is 13.9. The lowest BCUT2D eigenvalue weighted by Gasteiger charge is -2.29. The molecule has 1 N–H and O–H groups in total. The molecule has 2 aromatic rings. The Morgan fingerprint density at radius 1 is 1.24 bits per heavy atom. The molecule has 29 heavy (non-hydrogen) atoms. The van der Waals surface area contributed by atoms with Gasteiger partial charge in [-0.25, -0.2) is 13.1 Å². The summed E-state index contributed by atoms with van der Waals surface area (Å²) in [7, 11) is -3.79. The third-order valence-corrected chi connectivity index (χ3v) is 6.72. The number of pyridine rings is 1. The van der Waals surface area contributed by atoms with E-state index in [1.54, 1.807) is 18.5 Å². The van der Waals surface area contributed by atoms with Crippen molar-refractivity contribution in [2.75, 3.05) is 31.3 Å². The third kappa shape index (κ3) is 4.26. The topological polar surface area (TPSA) is 97.8 Å². The smallest absolute Gasteiger partial charge is 0.240 e. The van der Waals surface area contributed by atoms with Gasteiger partial charge in [-0.2, -0.15) is 0 Å². The number of fused-ring (bicyclic) bond motifs is 1. The summed E-state index contributed by atoms with van der Waals surface area (Å²) in [6.07, 6.45) is 4.15. The fourth-order valence-corrected chi connectivity index (χ4v) is 5.02. The highest BCUT2D eigenvalue weighted by atomic mass is 32.2. The number of carbonyl (C=O) groups is 1. The van der Waals surface area contributed by atoms with Gasteiger partial charge in [0.1, 0.15) is 12.4 Å². The Bertz CT molecular complexity index is 996. The van der Waals surface area contributed by atoms with Crippen molar-refractivity contribution in [1.82, 2.24) is 9.71 Å². The van der Waals surface area contributed by atoms with Crippen LogP contribution in [0.15, 0.2) is 47.6 Å². The van der Waals surface area contributed by atoms with Crippen LogP contribution in [0.1, 0.15) is 12.5 Å². The van der Waals surface area contributed by atoms with Crippen LogP contribution in [0, 0.1) is 5.92 Å². The van der Waals surface area contributed by atoms with Crippen molar-refractivity contribution >= 4 is 21.6 Å². The zero-order valence-corrected chi connectivity index (χ0v) is 16.9. The van der Waals surface area contributed by atoms with E-state index in [1.807, 2.05) is 12.1 Å². The summed E-state index contributed by atoms with van der Waals surface area (Å²) in [5, 5.41) is 0. The van der Waals surface area contributed by atoms with Crippen molar-refractivity contribution in [2.45, 2.75) is 24.3 Å². The van der Waals surface area contributed by atoms with Crippen LogP contribution in [0.4, 0.5) is 5.69 Å². The predicted molar refractivity (Wildman–Crippen MR) is 106 cm³/mol. The van der Waals surface area contributed by atoms with E-state index in [-0.39, 0.29) is 22.8 Å². The Labute approximate surface area is 169 Å². The van der Waals surface area contributed by atoms with Gasteiger partial charge in [0.25, 0.3) is 0 Å². The number of ether oxygens (including phenoxy) is 2. The largest absolute Gasteiger partial charge is 0.490 e. The summed E-state index contributed by atoms with van der Waals surface area (Å²) in [4.78, 5) is 17.5. The number of hydrogen-bond acceptors (Lipinski definition) is 6. The summed E-state index contributed by atoms with van der Waals surface area (Å²) in [6, 6.07) is 8.10. The van der Waals surface area contributed by atoms with Crippen LogP contribution < -0.4 is 14.4 Å². The van der Waals surface area contributed by atoms with Gasteiger partial charge in [0.05, 0.1) is 36.4 Å². The molecular formula is C20H23N3O5S. The van der Waals surface area contributed by atoms with Crippen LogP contribution in [-0.4, -0.2) is 51.7 Å². The van der Waals surface area contributed by atoms with Gasteiger partial charge >= 0.3 is 0 Å². The lowest BCUT2D eigenvalue weighted by Crippen LogP contribution is -2.41. The lowest BCUT2D eigenvalue weighted by atomic mass is 9.96. The maximum Gasteiger partial charge on any atom is 0.240 e. The second-order valence-electron chi connectivity index (χ2n) is 7.23. The van der Waals surface area contributed by atoms with E-state index in [4.69, 9.17) is 9.47 Å². The Morgan fingerprint density at radius 2 is 2.03 bits per heavy atom. The third-order valence-electron chi connectivity index (χ3n) is 5.24. The molecule has 0 spiro atoms. The van der Waals surface area contributed by atoms with Crippen LogP contribution in [-0.2, 0) is 26.0 Å². The zero-order valence-electron chi connectivity index (χ0n) is 16.1. The highest BCUT2D eigenvalue weighted by Gasteiger charge is 2.33. The van der Waals surface area contributed by atoms with E-state index in [2.05, 4.69) is 9.71 Å². The summed E-state index contributed by atoms with van der Waals surface area (Å²) in [5.41, 5.74) is 1.56. The zero-order chi connectivity index (χ0) is 20.4. The van der Waals surface area contributed by atoms with E-state index in [0.29, 0.717) is 44.2 Å². The summed E-state index contributed by atoms with van der Waals surface area (Å²) >= 11 is 0. The first-order valence-electron chi connectivity index (χ1n) is 9.48. The molecule has 154 valence electrons. The molecule has 3 heterocycles. The van der Waals surface area contributed by atoms with E-state index in [1.165, 1.54) is 24.0 Å².